The van der Waals surface area contributed by atoms with Crippen molar-refractivity contribution in [3.63, 3.8) is 0 Å². The Hall–Kier alpha value is -4.99. The first-order chi connectivity index (χ1) is 21.3. The summed E-state index contributed by atoms with van der Waals surface area (Å²) in [6.45, 7) is 0. The maximum atomic E-state index is 6.55. The molecule has 0 saturated heterocycles. The van der Waals surface area contributed by atoms with Gasteiger partial charge in [-0.05, 0) is 47.5 Å². The second kappa shape index (κ2) is 10.6. The van der Waals surface area contributed by atoms with Crippen molar-refractivity contribution in [1.29, 1.82) is 0 Å². The molecule has 1 aliphatic carbocycles. The molecule has 0 spiro atoms. The number of para-hydroxylation sites is 4. The maximum absolute atomic E-state index is 6.55. The van der Waals surface area contributed by atoms with Crippen molar-refractivity contribution in [2.45, 2.75) is 12.1 Å². The minimum atomic E-state index is -0.230. The summed E-state index contributed by atoms with van der Waals surface area (Å²) in [5.41, 5.74) is 7.88. The van der Waals surface area contributed by atoms with Gasteiger partial charge < -0.3 is 14.2 Å². The zero-order valence-corrected chi connectivity index (χ0v) is 25.6. The standard InChI is InChI=1S/C38H24N4O.Pt/c1-2-16-32-30(13-1)31-15-8-22-40-38(31)42(32)28-19-20-36-34(24-28)41(33-17-3-4-18-35(33)43-36)27-12-5-10-26(23-27)29-14-6-9-25-11-7-21-39-37(25)29;/h1-22,34,36H;/q-2;+2. The van der Waals surface area contributed by atoms with Gasteiger partial charge in [-0.2, -0.15) is 6.08 Å². The van der Waals surface area contributed by atoms with Crippen LogP contribution in [-0.4, -0.2) is 26.7 Å². The largest absolute Gasteiger partial charge is 2.00 e. The molecule has 1 aliphatic heterocycles. The molecular formula is C38H24N4OPt. The molecule has 0 saturated carbocycles. The van der Waals surface area contributed by atoms with Crippen molar-refractivity contribution in [2.75, 3.05) is 4.90 Å². The van der Waals surface area contributed by atoms with E-state index in [1.165, 1.54) is 5.39 Å². The zero-order chi connectivity index (χ0) is 28.3. The third kappa shape index (κ3) is 4.11. The quantitative estimate of drug-likeness (QED) is 0.171. The number of fused-ring (bicyclic) bond motifs is 6. The summed E-state index contributed by atoms with van der Waals surface area (Å²) < 4.78 is 8.75. The predicted molar refractivity (Wildman–Crippen MR) is 172 cm³/mol. The van der Waals surface area contributed by atoms with Crippen LogP contribution in [0.25, 0.3) is 49.7 Å². The van der Waals surface area contributed by atoms with E-state index in [-0.39, 0.29) is 33.2 Å². The van der Waals surface area contributed by atoms with Crippen LogP contribution >= 0.6 is 0 Å². The summed E-state index contributed by atoms with van der Waals surface area (Å²) >= 11 is 0. The third-order valence-electron chi connectivity index (χ3n) is 8.35. The number of rotatable bonds is 3. The van der Waals surface area contributed by atoms with Gasteiger partial charge in [0.15, 0.2) is 0 Å². The van der Waals surface area contributed by atoms with Gasteiger partial charge in [0.05, 0.1) is 11.2 Å². The van der Waals surface area contributed by atoms with E-state index in [1.807, 2.05) is 42.7 Å². The van der Waals surface area contributed by atoms with Gasteiger partial charge in [0.2, 0.25) is 0 Å². The second-order valence-corrected chi connectivity index (χ2v) is 10.8. The van der Waals surface area contributed by atoms with E-state index in [9.17, 15) is 0 Å². The average Bonchev–Trinajstić information content (AvgIpc) is 3.41. The van der Waals surface area contributed by atoms with Gasteiger partial charge in [-0.25, -0.2) is 11.1 Å². The van der Waals surface area contributed by atoms with E-state index < -0.39 is 0 Å². The van der Waals surface area contributed by atoms with Crippen LogP contribution in [0, 0.1) is 12.1 Å². The summed E-state index contributed by atoms with van der Waals surface area (Å²) in [6, 6.07) is 40.9. The molecule has 5 nitrogen and oxygen atoms in total. The number of hydrogen-bond donors (Lipinski definition) is 0. The molecule has 0 radical (unpaired) electrons. The Kier molecular flexibility index (Phi) is 6.43. The Labute approximate surface area is 269 Å². The number of hydrogen-bond acceptors (Lipinski definition) is 4. The van der Waals surface area contributed by atoms with E-state index >= 15 is 0 Å². The Bertz CT molecular complexity index is 2210. The number of aromatic nitrogens is 3. The molecule has 2 atom stereocenters. The molecule has 7 aromatic rings. The van der Waals surface area contributed by atoms with Gasteiger partial charge in [0.25, 0.3) is 0 Å². The monoisotopic (exact) mass is 747 g/mol. The first kappa shape index (κ1) is 26.6. The van der Waals surface area contributed by atoms with Crippen LogP contribution in [0.1, 0.15) is 0 Å². The van der Waals surface area contributed by atoms with Crippen molar-refractivity contribution in [3.05, 3.63) is 146 Å². The Morgan fingerprint density at radius 2 is 1.52 bits per heavy atom. The van der Waals surface area contributed by atoms with Crippen LogP contribution in [-0.2, 0) is 21.1 Å². The molecule has 44 heavy (non-hydrogen) atoms. The van der Waals surface area contributed by atoms with E-state index in [4.69, 9.17) is 14.7 Å². The van der Waals surface area contributed by atoms with E-state index in [0.717, 1.165) is 61.4 Å². The minimum Gasteiger partial charge on any atom is -0.485 e. The van der Waals surface area contributed by atoms with Crippen LogP contribution in [0.3, 0.4) is 0 Å². The van der Waals surface area contributed by atoms with Crippen LogP contribution in [0.4, 0.5) is 11.4 Å². The Morgan fingerprint density at radius 3 is 2.50 bits per heavy atom. The molecule has 3 aromatic heterocycles. The van der Waals surface area contributed by atoms with Crippen molar-refractivity contribution in [1.82, 2.24) is 14.5 Å². The molecule has 2 aliphatic rings. The SMILES string of the molecule is [C-]1=C(n2c3ccccc3c3cccnc32)C=CC2Oc3ccccc3N(c3[c-]c(-c4cccc5cccnc45)ccc3)C12.[Pt+2]. The van der Waals surface area contributed by atoms with Crippen LogP contribution in [0.5, 0.6) is 5.75 Å². The predicted octanol–water partition coefficient (Wildman–Crippen LogP) is 8.38. The fraction of sp³-hybridized carbons (Fsp3) is 0.0526. The molecule has 9 rings (SSSR count). The molecule has 0 fully saturated rings. The minimum absolute atomic E-state index is 0. The van der Waals surface area contributed by atoms with E-state index in [2.05, 4.69) is 113 Å². The number of pyridine rings is 2. The van der Waals surface area contributed by atoms with Crippen LogP contribution in [0.15, 0.2) is 134 Å². The van der Waals surface area contributed by atoms with Crippen molar-refractivity contribution >= 4 is 49.9 Å². The number of anilines is 2. The van der Waals surface area contributed by atoms with E-state index in [0.29, 0.717) is 0 Å². The van der Waals surface area contributed by atoms with Crippen LogP contribution < -0.4 is 9.64 Å². The fourth-order valence-corrected chi connectivity index (χ4v) is 6.47. The van der Waals surface area contributed by atoms with Gasteiger partial charge in [-0.1, -0.05) is 60.2 Å². The molecule has 4 heterocycles. The smallest absolute Gasteiger partial charge is 0.485 e. The Morgan fingerprint density at radius 1 is 0.727 bits per heavy atom. The number of benzene rings is 4. The molecule has 4 aromatic carbocycles. The van der Waals surface area contributed by atoms with E-state index in [1.54, 1.807) is 0 Å². The van der Waals surface area contributed by atoms with Gasteiger partial charge in [0, 0.05) is 34.7 Å². The van der Waals surface area contributed by atoms with Gasteiger partial charge in [-0.3, -0.25) is 4.98 Å². The molecule has 6 heteroatoms. The maximum Gasteiger partial charge on any atom is 2.00 e. The van der Waals surface area contributed by atoms with Gasteiger partial charge in [0.1, 0.15) is 17.5 Å². The number of ether oxygens (including phenoxy) is 1. The normalized spacial score (nSPS) is 17.1. The average molecular weight is 748 g/mol. The molecule has 2 unspecified atom stereocenters. The number of nitrogens with zero attached hydrogens (tertiary/aromatic N) is 4. The third-order valence-corrected chi connectivity index (χ3v) is 8.35. The summed E-state index contributed by atoms with van der Waals surface area (Å²) in [5, 5.41) is 3.39. The molecular weight excluding hydrogens is 724 g/mol. The summed E-state index contributed by atoms with van der Waals surface area (Å²) in [6.07, 6.45) is 11.6. The first-order valence-electron chi connectivity index (χ1n) is 14.4. The van der Waals surface area contributed by atoms with Crippen LogP contribution in [0.2, 0.25) is 0 Å². The first-order valence-corrected chi connectivity index (χ1v) is 14.4. The molecule has 212 valence electrons. The van der Waals surface area contributed by atoms with Gasteiger partial charge in [-0.15, -0.1) is 41.6 Å². The molecule has 0 bridgehead atoms. The Balaban J connectivity index is 0.00000289. The molecule has 0 N–H and O–H groups in total. The van der Waals surface area contributed by atoms with Gasteiger partial charge >= 0.3 is 21.1 Å². The van der Waals surface area contributed by atoms with Crippen molar-refractivity contribution in [3.8, 4) is 16.9 Å². The summed E-state index contributed by atoms with van der Waals surface area (Å²) in [5.74, 6) is 0.836. The summed E-state index contributed by atoms with van der Waals surface area (Å²) in [4.78, 5) is 11.8. The summed E-state index contributed by atoms with van der Waals surface area (Å²) in [7, 11) is 0. The van der Waals surface area contributed by atoms with Crippen molar-refractivity contribution < 1.29 is 25.8 Å². The van der Waals surface area contributed by atoms with Crippen molar-refractivity contribution in [2.24, 2.45) is 0 Å². The fourth-order valence-electron chi connectivity index (χ4n) is 6.47. The zero-order valence-electron chi connectivity index (χ0n) is 23.4. The topological polar surface area (TPSA) is 43.2 Å². The number of allylic oxidation sites excluding steroid dienone is 2. The molecule has 0 amide bonds. The second-order valence-electron chi connectivity index (χ2n) is 10.8.